The van der Waals surface area contributed by atoms with Crippen molar-refractivity contribution in [3.8, 4) is 11.5 Å². The average molecular weight is 399 g/mol. The minimum Gasteiger partial charge on any atom is -0.436 e. The van der Waals surface area contributed by atoms with Crippen LogP contribution in [0.1, 0.15) is 10.6 Å². The van der Waals surface area contributed by atoms with E-state index in [1.807, 2.05) is 42.5 Å². The summed E-state index contributed by atoms with van der Waals surface area (Å²) in [5.74, 6) is -0.817. The number of hydrogen-bond donors (Lipinski definition) is 1. The molecule has 1 N–H and O–H groups in total. The van der Waals surface area contributed by atoms with Gasteiger partial charge in [-0.3, -0.25) is 14.9 Å². The second kappa shape index (κ2) is 6.85. The molecule has 0 atom stereocenters. The summed E-state index contributed by atoms with van der Waals surface area (Å²) in [7, 11) is 0. The van der Waals surface area contributed by atoms with Crippen molar-refractivity contribution < 1.29 is 18.6 Å². The van der Waals surface area contributed by atoms with E-state index in [2.05, 4.69) is 10.3 Å². The van der Waals surface area contributed by atoms with Gasteiger partial charge in [-0.15, -0.1) is 0 Å². The molecule has 5 rings (SSSR count). The molecule has 2 aromatic heterocycles. The zero-order valence-electron chi connectivity index (χ0n) is 15.4. The molecule has 2 heterocycles. The van der Waals surface area contributed by atoms with E-state index in [1.54, 1.807) is 18.2 Å². The van der Waals surface area contributed by atoms with Crippen LogP contribution >= 0.6 is 0 Å². The van der Waals surface area contributed by atoms with Gasteiger partial charge in [0.25, 0.3) is 5.91 Å². The van der Waals surface area contributed by atoms with Crippen LogP contribution in [0.3, 0.4) is 0 Å². The van der Waals surface area contributed by atoms with Crippen LogP contribution in [0.2, 0.25) is 0 Å². The lowest BCUT2D eigenvalue weighted by atomic mass is 10.1. The Bertz CT molecular complexity index is 1430. The number of fused-ring (bicyclic) bond motifs is 3. The summed E-state index contributed by atoms with van der Waals surface area (Å²) in [6.45, 7) is 0. The summed E-state index contributed by atoms with van der Waals surface area (Å²) in [4.78, 5) is 27.0. The first-order chi connectivity index (χ1) is 14.6. The van der Waals surface area contributed by atoms with Crippen LogP contribution in [0.5, 0.6) is 0 Å². The Morgan fingerprint density at radius 2 is 1.83 bits per heavy atom. The molecular formula is C22H13N3O5. The van der Waals surface area contributed by atoms with Gasteiger partial charge in [0.15, 0.2) is 11.3 Å². The van der Waals surface area contributed by atoms with Gasteiger partial charge in [0.1, 0.15) is 10.4 Å². The fourth-order valence-corrected chi connectivity index (χ4v) is 3.26. The standard InChI is InChI=1S/C22H13N3O5/c26-21(18-10-11-19(29-18)25(27)28)23-15-6-3-5-14(12-15)22-24-20-16-7-2-1-4-13(16)8-9-17(20)30-22/h1-12H,(H,23,26). The maximum absolute atomic E-state index is 12.3. The fraction of sp³-hybridized carbons (Fsp3) is 0. The monoisotopic (exact) mass is 399 g/mol. The topological polar surface area (TPSA) is 111 Å². The van der Waals surface area contributed by atoms with Crippen molar-refractivity contribution in [3.05, 3.63) is 88.7 Å². The quantitative estimate of drug-likeness (QED) is 0.320. The number of furan rings is 1. The zero-order chi connectivity index (χ0) is 20.7. The lowest BCUT2D eigenvalue weighted by Gasteiger charge is -2.04. The minimum absolute atomic E-state index is 0.152. The van der Waals surface area contributed by atoms with Gasteiger partial charge in [0.2, 0.25) is 5.89 Å². The molecule has 0 saturated carbocycles. The molecular weight excluding hydrogens is 386 g/mol. The van der Waals surface area contributed by atoms with Crippen LogP contribution in [0.4, 0.5) is 11.6 Å². The number of amides is 1. The van der Waals surface area contributed by atoms with E-state index in [4.69, 9.17) is 8.83 Å². The van der Waals surface area contributed by atoms with Gasteiger partial charge >= 0.3 is 5.88 Å². The van der Waals surface area contributed by atoms with Crippen molar-refractivity contribution in [3.63, 3.8) is 0 Å². The molecule has 0 aliphatic rings. The number of anilines is 1. The average Bonchev–Trinajstić information content (AvgIpc) is 3.42. The third-order valence-electron chi connectivity index (χ3n) is 4.65. The number of carbonyl (C=O) groups excluding carboxylic acids is 1. The van der Waals surface area contributed by atoms with E-state index < -0.39 is 16.7 Å². The van der Waals surface area contributed by atoms with Gasteiger partial charge in [-0.05, 0) is 35.7 Å². The van der Waals surface area contributed by atoms with Crippen LogP contribution in [0.15, 0.2) is 81.6 Å². The first-order valence-corrected chi connectivity index (χ1v) is 9.03. The van der Waals surface area contributed by atoms with Gasteiger partial charge in [0.05, 0.1) is 6.07 Å². The third-order valence-corrected chi connectivity index (χ3v) is 4.65. The van der Waals surface area contributed by atoms with E-state index in [9.17, 15) is 14.9 Å². The lowest BCUT2D eigenvalue weighted by Crippen LogP contribution is -2.10. The number of carbonyl (C=O) groups is 1. The minimum atomic E-state index is -0.700. The van der Waals surface area contributed by atoms with Crippen molar-refractivity contribution in [2.24, 2.45) is 0 Å². The lowest BCUT2D eigenvalue weighted by molar-refractivity contribution is -0.402. The summed E-state index contributed by atoms with van der Waals surface area (Å²) in [6.07, 6.45) is 0. The Balaban J connectivity index is 1.46. The molecule has 8 heteroatoms. The van der Waals surface area contributed by atoms with Crippen LogP contribution in [0.25, 0.3) is 33.3 Å². The molecule has 5 aromatic rings. The van der Waals surface area contributed by atoms with Gasteiger partial charge in [-0.2, -0.15) is 0 Å². The smallest absolute Gasteiger partial charge is 0.433 e. The van der Waals surface area contributed by atoms with Crippen molar-refractivity contribution in [1.82, 2.24) is 4.98 Å². The Morgan fingerprint density at radius 3 is 2.67 bits per heavy atom. The summed E-state index contributed by atoms with van der Waals surface area (Å²) < 4.78 is 10.9. The van der Waals surface area contributed by atoms with Crippen molar-refractivity contribution >= 4 is 39.4 Å². The molecule has 8 nitrogen and oxygen atoms in total. The van der Waals surface area contributed by atoms with E-state index in [0.29, 0.717) is 22.7 Å². The fourth-order valence-electron chi connectivity index (χ4n) is 3.26. The Hall–Kier alpha value is -4.46. The highest BCUT2D eigenvalue weighted by Gasteiger charge is 2.18. The number of rotatable bonds is 4. The predicted octanol–water partition coefficient (Wildman–Crippen LogP) is 5.40. The van der Waals surface area contributed by atoms with Crippen molar-refractivity contribution in [2.45, 2.75) is 0 Å². The molecule has 0 radical (unpaired) electrons. The number of benzene rings is 3. The SMILES string of the molecule is O=C(Nc1cccc(-c2nc3c(ccc4ccccc43)o2)c1)c1ccc([N+](=O)[O-])o1. The molecule has 0 unspecified atom stereocenters. The summed E-state index contributed by atoms with van der Waals surface area (Å²) in [5, 5.41) is 15.4. The number of hydrogen-bond acceptors (Lipinski definition) is 6. The number of nitrogens with one attached hydrogen (secondary N) is 1. The number of nitro groups is 1. The first-order valence-electron chi connectivity index (χ1n) is 9.03. The second-order valence-electron chi connectivity index (χ2n) is 6.58. The van der Waals surface area contributed by atoms with Crippen LogP contribution < -0.4 is 5.32 Å². The van der Waals surface area contributed by atoms with E-state index >= 15 is 0 Å². The first kappa shape index (κ1) is 17.6. The van der Waals surface area contributed by atoms with Crippen LogP contribution in [-0.2, 0) is 0 Å². The highest BCUT2D eigenvalue weighted by Crippen LogP contribution is 2.30. The molecule has 0 spiro atoms. The molecule has 0 aliphatic carbocycles. The Labute approximate surface area is 168 Å². The highest BCUT2D eigenvalue weighted by molar-refractivity contribution is 6.04. The largest absolute Gasteiger partial charge is 0.436 e. The van der Waals surface area contributed by atoms with Crippen LogP contribution in [-0.4, -0.2) is 15.8 Å². The van der Waals surface area contributed by atoms with E-state index in [-0.39, 0.29) is 5.76 Å². The number of aromatic nitrogens is 1. The maximum Gasteiger partial charge on any atom is 0.433 e. The normalized spacial score (nSPS) is 11.1. The van der Waals surface area contributed by atoms with Gasteiger partial charge < -0.3 is 14.2 Å². The van der Waals surface area contributed by atoms with Crippen molar-refractivity contribution in [1.29, 1.82) is 0 Å². The molecule has 3 aromatic carbocycles. The maximum atomic E-state index is 12.3. The second-order valence-corrected chi connectivity index (χ2v) is 6.58. The van der Waals surface area contributed by atoms with E-state index in [1.165, 1.54) is 6.07 Å². The van der Waals surface area contributed by atoms with Gasteiger partial charge in [-0.1, -0.05) is 36.4 Å². The van der Waals surface area contributed by atoms with Gasteiger partial charge in [-0.25, -0.2) is 4.98 Å². The molecule has 0 saturated heterocycles. The summed E-state index contributed by atoms with van der Waals surface area (Å²) in [6, 6.07) is 21.1. The van der Waals surface area contributed by atoms with E-state index in [0.717, 1.165) is 22.4 Å². The highest BCUT2D eigenvalue weighted by atomic mass is 16.6. The summed E-state index contributed by atoms with van der Waals surface area (Å²) >= 11 is 0. The van der Waals surface area contributed by atoms with Gasteiger partial charge in [0, 0.05) is 16.6 Å². The molecule has 30 heavy (non-hydrogen) atoms. The Kier molecular flexibility index (Phi) is 4.03. The van der Waals surface area contributed by atoms with Crippen molar-refractivity contribution in [2.75, 3.05) is 5.32 Å². The summed E-state index contributed by atoms with van der Waals surface area (Å²) in [5.41, 5.74) is 2.59. The third kappa shape index (κ3) is 3.06. The number of oxazole rings is 1. The Morgan fingerprint density at radius 1 is 0.967 bits per heavy atom. The molecule has 146 valence electrons. The zero-order valence-corrected chi connectivity index (χ0v) is 15.4. The molecule has 0 aliphatic heterocycles. The van der Waals surface area contributed by atoms with Crippen LogP contribution in [0, 0.1) is 10.1 Å². The molecule has 0 bridgehead atoms. The number of nitrogens with zero attached hydrogens (tertiary/aromatic N) is 2. The molecule has 0 fully saturated rings. The predicted molar refractivity (Wildman–Crippen MR) is 110 cm³/mol. The molecule has 1 amide bonds.